The Kier molecular flexibility index (Phi) is 7.97. The molecule has 1 aromatic carbocycles. The SMILES string of the molecule is CC(C)C[C@H](NC(=O)[C@@H](N)Cc1ccccc1)C(=O)NCc1cc(=O)c(O)c[nH]1. The Morgan fingerprint density at radius 2 is 1.86 bits per heavy atom. The van der Waals surface area contributed by atoms with Crippen LogP contribution in [0.2, 0.25) is 0 Å². The molecule has 156 valence electrons. The summed E-state index contributed by atoms with van der Waals surface area (Å²) in [5.41, 5.74) is 6.86. The highest BCUT2D eigenvalue weighted by molar-refractivity contribution is 5.89. The third kappa shape index (κ3) is 7.08. The van der Waals surface area contributed by atoms with Crippen LogP contribution in [0.25, 0.3) is 0 Å². The molecular weight excluding hydrogens is 372 g/mol. The van der Waals surface area contributed by atoms with Gasteiger partial charge in [-0.2, -0.15) is 0 Å². The van der Waals surface area contributed by atoms with Crippen molar-refractivity contribution in [3.8, 4) is 5.75 Å². The standard InChI is InChI=1S/C21H28N4O4/c1-13(2)8-17(21(29)24-11-15-10-18(26)19(27)12-23-15)25-20(28)16(22)9-14-6-4-3-5-7-14/h3-7,10,12-13,16-17,27H,8-9,11,22H2,1-2H3,(H,23,26)(H,24,29)(H,25,28)/t16-,17-/m0/s1. The van der Waals surface area contributed by atoms with Crippen molar-refractivity contribution in [1.82, 2.24) is 15.6 Å². The second-order valence-corrected chi connectivity index (χ2v) is 7.41. The highest BCUT2D eigenvalue weighted by Crippen LogP contribution is 2.07. The van der Waals surface area contributed by atoms with E-state index in [9.17, 15) is 19.5 Å². The first-order valence-corrected chi connectivity index (χ1v) is 9.54. The molecule has 8 heteroatoms. The van der Waals surface area contributed by atoms with Gasteiger partial charge in [0.2, 0.25) is 17.2 Å². The Morgan fingerprint density at radius 3 is 2.48 bits per heavy atom. The van der Waals surface area contributed by atoms with E-state index in [0.717, 1.165) is 5.56 Å². The summed E-state index contributed by atoms with van der Waals surface area (Å²) in [4.78, 5) is 39.3. The summed E-state index contributed by atoms with van der Waals surface area (Å²) in [5, 5.41) is 14.7. The summed E-state index contributed by atoms with van der Waals surface area (Å²) in [6.07, 6.45) is 1.99. The van der Waals surface area contributed by atoms with E-state index in [1.807, 2.05) is 44.2 Å². The molecule has 0 aliphatic heterocycles. The van der Waals surface area contributed by atoms with Crippen molar-refractivity contribution in [1.29, 1.82) is 0 Å². The Hall–Kier alpha value is -3.13. The minimum absolute atomic E-state index is 0.0644. The molecule has 8 nitrogen and oxygen atoms in total. The van der Waals surface area contributed by atoms with E-state index in [1.54, 1.807) is 0 Å². The molecule has 2 atom stereocenters. The molecule has 0 spiro atoms. The molecule has 1 heterocycles. The van der Waals surface area contributed by atoms with Gasteiger partial charge in [0.15, 0.2) is 5.75 Å². The summed E-state index contributed by atoms with van der Waals surface area (Å²) >= 11 is 0. The third-order valence-corrected chi connectivity index (χ3v) is 4.38. The number of aromatic amines is 1. The van der Waals surface area contributed by atoms with Crippen LogP contribution in [0.4, 0.5) is 0 Å². The number of aromatic nitrogens is 1. The zero-order chi connectivity index (χ0) is 21.4. The maximum Gasteiger partial charge on any atom is 0.242 e. The fourth-order valence-electron chi connectivity index (χ4n) is 2.86. The van der Waals surface area contributed by atoms with E-state index in [-0.39, 0.29) is 18.4 Å². The normalized spacial score (nSPS) is 13.0. The lowest BCUT2D eigenvalue weighted by atomic mass is 10.0. The second-order valence-electron chi connectivity index (χ2n) is 7.41. The van der Waals surface area contributed by atoms with Crippen LogP contribution in [0.3, 0.4) is 0 Å². The van der Waals surface area contributed by atoms with Gasteiger partial charge in [0.1, 0.15) is 6.04 Å². The minimum Gasteiger partial charge on any atom is -0.503 e. The Bertz CT molecular complexity index is 880. The molecule has 2 rings (SSSR count). The van der Waals surface area contributed by atoms with Gasteiger partial charge in [0, 0.05) is 18.0 Å². The third-order valence-electron chi connectivity index (χ3n) is 4.38. The van der Waals surface area contributed by atoms with Crippen molar-refractivity contribution in [3.63, 3.8) is 0 Å². The smallest absolute Gasteiger partial charge is 0.242 e. The molecule has 1 aromatic heterocycles. The number of benzene rings is 1. The number of H-pyrrole nitrogens is 1. The predicted octanol–water partition coefficient (Wildman–Crippen LogP) is 0.798. The topological polar surface area (TPSA) is 137 Å². The lowest BCUT2D eigenvalue weighted by Crippen LogP contribution is -2.52. The van der Waals surface area contributed by atoms with Crippen molar-refractivity contribution < 1.29 is 14.7 Å². The zero-order valence-corrected chi connectivity index (χ0v) is 16.6. The van der Waals surface area contributed by atoms with Crippen LogP contribution in [0.1, 0.15) is 31.5 Å². The number of aromatic hydroxyl groups is 1. The molecule has 0 unspecified atom stereocenters. The lowest BCUT2D eigenvalue weighted by molar-refractivity contribution is -0.130. The number of amides is 2. The van der Waals surface area contributed by atoms with Crippen LogP contribution >= 0.6 is 0 Å². The van der Waals surface area contributed by atoms with Crippen LogP contribution in [0, 0.1) is 5.92 Å². The van der Waals surface area contributed by atoms with Crippen molar-refractivity contribution in [2.24, 2.45) is 11.7 Å². The van der Waals surface area contributed by atoms with E-state index in [4.69, 9.17) is 5.73 Å². The van der Waals surface area contributed by atoms with E-state index in [0.29, 0.717) is 18.5 Å². The molecule has 0 saturated carbocycles. The van der Waals surface area contributed by atoms with Gasteiger partial charge >= 0.3 is 0 Å². The molecular formula is C21H28N4O4. The Labute approximate surface area is 169 Å². The van der Waals surface area contributed by atoms with Crippen LogP contribution in [0.5, 0.6) is 5.75 Å². The second kappa shape index (κ2) is 10.4. The lowest BCUT2D eigenvalue weighted by Gasteiger charge is -2.22. The average molecular weight is 400 g/mol. The molecule has 2 amide bonds. The minimum atomic E-state index is -0.770. The van der Waals surface area contributed by atoms with Gasteiger partial charge in [-0.15, -0.1) is 0 Å². The predicted molar refractivity (Wildman–Crippen MR) is 110 cm³/mol. The van der Waals surface area contributed by atoms with Gasteiger partial charge in [-0.3, -0.25) is 14.4 Å². The fourth-order valence-corrected chi connectivity index (χ4v) is 2.86. The van der Waals surface area contributed by atoms with Crippen LogP contribution in [0.15, 0.2) is 47.4 Å². The van der Waals surface area contributed by atoms with Gasteiger partial charge in [0.05, 0.1) is 12.6 Å². The quantitative estimate of drug-likeness (QED) is 0.424. The van der Waals surface area contributed by atoms with E-state index >= 15 is 0 Å². The molecule has 0 aliphatic rings. The van der Waals surface area contributed by atoms with Gasteiger partial charge in [-0.05, 0) is 24.3 Å². The largest absolute Gasteiger partial charge is 0.503 e. The molecule has 0 radical (unpaired) electrons. The zero-order valence-electron chi connectivity index (χ0n) is 16.6. The maximum absolute atomic E-state index is 12.6. The summed E-state index contributed by atoms with van der Waals surface area (Å²) in [6, 6.07) is 9.13. The van der Waals surface area contributed by atoms with Gasteiger partial charge < -0.3 is 26.5 Å². The molecule has 6 N–H and O–H groups in total. The highest BCUT2D eigenvalue weighted by atomic mass is 16.3. The maximum atomic E-state index is 12.6. The monoisotopic (exact) mass is 400 g/mol. The number of pyridine rings is 1. The Morgan fingerprint density at radius 1 is 1.17 bits per heavy atom. The molecule has 29 heavy (non-hydrogen) atoms. The number of rotatable bonds is 9. The summed E-state index contributed by atoms with van der Waals surface area (Å²) in [6.45, 7) is 3.97. The molecule has 0 fully saturated rings. The van der Waals surface area contributed by atoms with E-state index in [1.165, 1.54) is 12.3 Å². The van der Waals surface area contributed by atoms with E-state index in [2.05, 4.69) is 15.6 Å². The van der Waals surface area contributed by atoms with Crippen LogP contribution in [-0.2, 0) is 22.6 Å². The first kappa shape index (κ1) is 22.2. The molecule has 0 aliphatic carbocycles. The van der Waals surface area contributed by atoms with Crippen molar-refractivity contribution in [3.05, 3.63) is 64.1 Å². The van der Waals surface area contributed by atoms with Gasteiger partial charge in [-0.25, -0.2) is 0 Å². The summed E-state index contributed by atoms with van der Waals surface area (Å²) < 4.78 is 0. The van der Waals surface area contributed by atoms with Crippen molar-refractivity contribution in [2.45, 2.75) is 45.3 Å². The first-order valence-electron chi connectivity index (χ1n) is 9.54. The van der Waals surface area contributed by atoms with E-state index < -0.39 is 29.2 Å². The number of carbonyl (C=O) groups is 2. The fraction of sp³-hybridized carbons (Fsp3) is 0.381. The van der Waals surface area contributed by atoms with Crippen LogP contribution < -0.4 is 21.8 Å². The number of nitrogens with one attached hydrogen (secondary N) is 3. The average Bonchev–Trinajstić information content (AvgIpc) is 2.68. The van der Waals surface area contributed by atoms with Crippen LogP contribution in [-0.4, -0.2) is 34.0 Å². The molecule has 0 saturated heterocycles. The van der Waals surface area contributed by atoms with Crippen molar-refractivity contribution in [2.75, 3.05) is 0 Å². The molecule has 0 bridgehead atoms. The van der Waals surface area contributed by atoms with Gasteiger partial charge in [0.25, 0.3) is 0 Å². The first-order chi connectivity index (χ1) is 13.8. The highest BCUT2D eigenvalue weighted by Gasteiger charge is 2.24. The number of hydrogen-bond donors (Lipinski definition) is 5. The van der Waals surface area contributed by atoms with Crippen molar-refractivity contribution >= 4 is 11.8 Å². The number of hydrogen-bond acceptors (Lipinski definition) is 5. The number of carbonyl (C=O) groups excluding carboxylic acids is 2. The Balaban J connectivity index is 1.97. The molecule has 2 aromatic rings. The van der Waals surface area contributed by atoms with Gasteiger partial charge in [-0.1, -0.05) is 44.2 Å². The number of nitrogens with two attached hydrogens (primary N) is 1. The summed E-state index contributed by atoms with van der Waals surface area (Å²) in [7, 11) is 0. The summed E-state index contributed by atoms with van der Waals surface area (Å²) in [5.74, 6) is -0.983.